The van der Waals surface area contributed by atoms with Crippen LogP contribution in [0.2, 0.25) is 0 Å². The van der Waals surface area contributed by atoms with Gasteiger partial charge in [0.2, 0.25) is 0 Å². The Kier molecular flexibility index (Phi) is 2.17. The van der Waals surface area contributed by atoms with Gasteiger partial charge in [-0.2, -0.15) is 0 Å². The predicted molar refractivity (Wildman–Crippen MR) is 50.7 cm³/mol. The second-order valence-electron chi connectivity index (χ2n) is 3.52. The lowest BCUT2D eigenvalue weighted by molar-refractivity contribution is 0.364. The summed E-state index contributed by atoms with van der Waals surface area (Å²) in [4.78, 5) is 6.21. The number of alkyl halides is 1. The molecule has 0 N–H and O–H groups in total. The summed E-state index contributed by atoms with van der Waals surface area (Å²) >= 11 is 0. The molecular weight excluding hydrogens is 167 g/mol. The number of halogens is 1. The maximum atomic E-state index is 12.9. The minimum Gasteiger partial charge on any atom is -0.354 e. The number of hydrogen-bond donors (Lipinski definition) is 0. The zero-order valence-corrected chi connectivity index (χ0v) is 7.70. The quantitative estimate of drug-likeness (QED) is 0.656. The molecular formula is C10H13FN2. The van der Waals surface area contributed by atoms with Crippen LogP contribution in [0.3, 0.4) is 0 Å². The highest BCUT2D eigenvalue weighted by Gasteiger charge is 2.22. The third kappa shape index (κ3) is 1.79. The van der Waals surface area contributed by atoms with Crippen LogP contribution in [-0.2, 0) is 0 Å². The van der Waals surface area contributed by atoms with Crippen molar-refractivity contribution in [1.29, 1.82) is 0 Å². The average molecular weight is 180 g/mol. The van der Waals surface area contributed by atoms with Crippen LogP contribution in [-0.4, -0.2) is 24.2 Å². The largest absolute Gasteiger partial charge is 0.354 e. The molecule has 13 heavy (non-hydrogen) atoms. The molecule has 2 heterocycles. The fraction of sp³-hybridized carbons (Fsp3) is 0.500. The molecule has 0 radical (unpaired) electrons. The summed E-state index contributed by atoms with van der Waals surface area (Å²) < 4.78 is 12.9. The van der Waals surface area contributed by atoms with Crippen LogP contribution in [0.5, 0.6) is 0 Å². The number of aryl methyl sites for hydroxylation is 1. The van der Waals surface area contributed by atoms with E-state index in [-0.39, 0.29) is 0 Å². The van der Waals surface area contributed by atoms with Gasteiger partial charge >= 0.3 is 0 Å². The molecule has 1 saturated heterocycles. The molecule has 0 saturated carbocycles. The van der Waals surface area contributed by atoms with Crippen molar-refractivity contribution in [3.63, 3.8) is 0 Å². The predicted octanol–water partition coefficient (Wildman–Crippen LogP) is 1.94. The SMILES string of the molecule is Cc1ccnc(N2CC[C@@H](F)C2)c1. The van der Waals surface area contributed by atoms with Gasteiger partial charge in [-0.3, -0.25) is 0 Å². The van der Waals surface area contributed by atoms with Crippen molar-refractivity contribution in [2.24, 2.45) is 0 Å². The van der Waals surface area contributed by atoms with Crippen molar-refractivity contribution < 1.29 is 4.39 Å². The second kappa shape index (κ2) is 3.32. The summed E-state index contributed by atoms with van der Waals surface area (Å²) in [5.74, 6) is 0.903. The summed E-state index contributed by atoms with van der Waals surface area (Å²) in [5.41, 5.74) is 1.17. The summed E-state index contributed by atoms with van der Waals surface area (Å²) in [6.45, 7) is 3.31. The standard InChI is InChI=1S/C10H13FN2/c1-8-2-4-12-10(6-8)13-5-3-9(11)7-13/h2,4,6,9H,3,5,7H2,1H3/t9-/m1/s1. The molecule has 1 aromatic rings. The smallest absolute Gasteiger partial charge is 0.128 e. The monoisotopic (exact) mass is 180 g/mol. The molecule has 0 spiro atoms. The zero-order valence-electron chi connectivity index (χ0n) is 7.70. The van der Waals surface area contributed by atoms with E-state index in [2.05, 4.69) is 4.98 Å². The molecule has 1 aromatic heterocycles. The molecule has 0 bridgehead atoms. The van der Waals surface area contributed by atoms with E-state index < -0.39 is 6.17 Å². The van der Waals surface area contributed by atoms with Gasteiger partial charge in [-0.25, -0.2) is 9.37 Å². The third-order valence-electron chi connectivity index (χ3n) is 2.36. The van der Waals surface area contributed by atoms with Crippen molar-refractivity contribution in [1.82, 2.24) is 4.98 Å². The molecule has 1 aliphatic rings. The molecule has 0 aliphatic carbocycles. The minimum absolute atomic E-state index is 0.496. The van der Waals surface area contributed by atoms with Gasteiger partial charge in [-0.15, -0.1) is 0 Å². The lowest BCUT2D eigenvalue weighted by Crippen LogP contribution is -2.20. The van der Waals surface area contributed by atoms with Crippen molar-refractivity contribution in [3.8, 4) is 0 Å². The van der Waals surface area contributed by atoms with Gasteiger partial charge in [0.15, 0.2) is 0 Å². The Morgan fingerprint density at radius 3 is 3.08 bits per heavy atom. The maximum absolute atomic E-state index is 12.9. The lowest BCUT2D eigenvalue weighted by atomic mass is 10.3. The number of nitrogens with zero attached hydrogens (tertiary/aromatic N) is 2. The Morgan fingerprint density at radius 1 is 1.62 bits per heavy atom. The molecule has 1 atom stereocenters. The van der Waals surface area contributed by atoms with Crippen molar-refractivity contribution in [2.45, 2.75) is 19.5 Å². The van der Waals surface area contributed by atoms with Crippen LogP contribution < -0.4 is 4.90 Å². The number of anilines is 1. The first-order valence-corrected chi connectivity index (χ1v) is 4.57. The zero-order chi connectivity index (χ0) is 9.26. The maximum Gasteiger partial charge on any atom is 0.128 e. The topological polar surface area (TPSA) is 16.1 Å². The fourth-order valence-electron chi connectivity index (χ4n) is 1.62. The van der Waals surface area contributed by atoms with Crippen molar-refractivity contribution in [3.05, 3.63) is 23.9 Å². The van der Waals surface area contributed by atoms with E-state index in [4.69, 9.17) is 0 Å². The Hall–Kier alpha value is -1.12. The normalized spacial score (nSPS) is 22.3. The van der Waals surface area contributed by atoms with E-state index in [0.29, 0.717) is 13.0 Å². The summed E-state index contributed by atoms with van der Waals surface area (Å²) in [6, 6.07) is 3.95. The number of aromatic nitrogens is 1. The van der Waals surface area contributed by atoms with Crippen LogP contribution >= 0.6 is 0 Å². The first-order valence-electron chi connectivity index (χ1n) is 4.57. The van der Waals surface area contributed by atoms with Crippen LogP contribution in [0.15, 0.2) is 18.3 Å². The molecule has 1 aliphatic heterocycles. The van der Waals surface area contributed by atoms with Crippen LogP contribution in [0.25, 0.3) is 0 Å². The van der Waals surface area contributed by atoms with E-state index >= 15 is 0 Å². The Morgan fingerprint density at radius 2 is 2.46 bits per heavy atom. The first kappa shape index (κ1) is 8.48. The summed E-state index contributed by atoms with van der Waals surface area (Å²) in [5, 5.41) is 0. The highest BCUT2D eigenvalue weighted by atomic mass is 19.1. The van der Waals surface area contributed by atoms with E-state index in [1.54, 1.807) is 6.20 Å². The van der Waals surface area contributed by atoms with Gasteiger partial charge < -0.3 is 4.90 Å². The van der Waals surface area contributed by atoms with Gasteiger partial charge in [0.1, 0.15) is 12.0 Å². The van der Waals surface area contributed by atoms with E-state index in [1.807, 2.05) is 24.0 Å². The van der Waals surface area contributed by atoms with Gasteiger partial charge in [0.25, 0.3) is 0 Å². The molecule has 0 aromatic carbocycles. The minimum atomic E-state index is -0.678. The summed E-state index contributed by atoms with van der Waals surface area (Å²) in [6.07, 6.45) is 1.73. The van der Waals surface area contributed by atoms with Crippen LogP contribution in [0, 0.1) is 6.92 Å². The third-order valence-corrected chi connectivity index (χ3v) is 2.36. The van der Waals surface area contributed by atoms with Gasteiger partial charge in [-0.1, -0.05) is 0 Å². The first-order chi connectivity index (χ1) is 6.25. The Bertz CT molecular complexity index is 301. The highest BCUT2D eigenvalue weighted by molar-refractivity contribution is 5.41. The van der Waals surface area contributed by atoms with Crippen LogP contribution in [0.1, 0.15) is 12.0 Å². The summed E-state index contributed by atoms with van der Waals surface area (Å²) in [7, 11) is 0. The molecule has 2 nitrogen and oxygen atoms in total. The van der Waals surface area contributed by atoms with Crippen LogP contribution in [0.4, 0.5) is 10.2 Å². The van der Waals surface area contributed by atoms with Crippen molar-refractivity contribution >= 4 is 5.82 Å². The molecule has 0 unspecified atom stereocenters. The molecule has 1 fully saturated rings. The number of pyridine rings is 1. The Labute approximate surface area is 77.4 Å². The lowest BCUT2D eigenvalue weighted by Gasteiger charge is -2.16. The van der Waals surface area contributed by atoms with Gasteiger partial charge in [-0.05, 0) is 31.0 Å². The molecule has 3 heteroatoms. The van der Waals surface area contributed by atoms with Gasteiger partial charge in [0, 0.05) is 12.7 Å². The van der Waals surface area contributed by atoms with E-state index in [9.17, 15) is 4.39 Å². The molecule has 0 amide bonds. The van der Waals surface area contributed by atoms with Gasteiger partial charge in [0.05, 0.1) is 6.54 Å². The van der Waals surface area contributed by atoms with E-state index in [0.717, 1.165) is 12.4 Å². The van der Waals surface area contributed by atoms with Crippen molar-refractivity contribution in [2.75, 3.05) is 18.0 Å². The number of hydrogen-bond acceptors (Lipinski definition) is 2. The highest BCUT2D eigenvalue weighted by Crippen LogP contribution is 2.19. The fourth-order valence-corrected chi connectivity index (χ4v) is 1.62. The molecule has 2 rings (SSSR count). The second-order valence-corrected chi connectivity index (χ2v) is 3.52. The average Bonchev–Trinajstić information content (AvgIpc) is 2.52. The molecule has 70 valence electrons. The number of rotatable bonds is 1. The Balaban J connectivity index is 2.16. The van der Waals surface area contributed by atoms with E-state index in [1.165, 1.54) is 5.56 Å².